The molecule has 0 amide bonds. The van der Waals surface area contributed by atoms with Crippen molar-refractivity contribution < 1.29 is 4.74 Å². The molecule has 2 aromatic carbocycles. The van der Waals surface area contributed by atoms with Crippen LogP contribution in [0.15, 0.2) is 54.6 Å². The highest BCUT2D eigenvalue weighted by Crippen LogP contribution is 2.30. The van der Waals surface area contributed by atoms with Gasteiger partial charge in [0.2, 0.25) is 0 Å². The Kier molecular flexibility index (Phi) is 5.60. The van der Waals surface area contributed by atoms with Crippen LogP contribution in [0.1, 0.15) is 17.0 Å². The summed E-state index contributed by atoms with van der Waals surface area (Å²) in [6.45, 7) is 0.790. The second-order valence-corrected chi connectivity index (χ2v) is 5.21. The van der Waals surface area contributed by atoms with Crippen molar-refractivity contribution in [1.82, 2.24) is 5.32 Å². The van der Waals surface area contributed by atoms with Gasteiger partial charge in [-0.1, -0.05) is 54.1 Å². The third-order valence-electron chi connectivity index (χ3n) is 3.47. The Morgan fingerprint density at radius 3 is 2.15 bits per heavy atom. The van der Waals surface area contributed by atoms with Gasteiger partial charge in [-0.2, -0.15) is 0 Å². The fourth-order valence-electron chi connectivity index (χ4n) is 2.49. The quantitative estimate of drug-likeness (QED) is 0.875. The fourth-order valence-corrected chi connectivity index (χ4v) is 2.62. The monoisotopic (exact) mass is 289 g/mol. The predicted octanol–water partition coefficient (Wildman–Crippen LogP) is 3.71. The van der Waals surface area contributed by atoms with Crippen LogP contribution in [0.5, 0.6) is 0 Å². The lowest BCUT2D eigenvalue weighted by Gasteiger charge is -2.27. The van der Waals surface area contributed by atoms with Crippen LogP contribution >= 0.6 is 11.6 Å². The van der Waals surface area contributed by atoms with Gasteiger partial charge in [0.15, 0.2) is 0 Å². The molecule has 0 saturated heterocycles. The summed E-state index contributed by atoms with van der Waals surface area (Å²) in [4.78, 5) is 0. The van der Waals surface area contributed by atoms with Crippen molar-refractivity contribution in [3.8, 4) is 0 Å². The molecule has 2 unspecified atom stereocenters. The van der Waals surface area contributed by atoms with Gasteiger partial charge >= 0.3 is 0 Å². The first-order valence-corrected chi connectivity index (χ1v) is 7.12. The number of nitrogens with one attached hydrogen (secondary N) is 1. The number of rotatable bonds is 6. The molecule has 0 spiro atoms. The normalized spacial score (nSPS) is 13.9. The molecule has 106 valence electrons. The molecule has 0 saturated carbocycles. The zero-order chi connectivity index (χ0) is 14.4. The first-order valence-electron chi connectivity index (χ1n) is 6.74. The second-order valence-electron chi connectivity index (χ2n) is 4.77. The van der Waals surface area contributed by atoms with Crippen molar-refractivity contribution in [3.05, 3.63) is 70.7 Å². The van der Waals surface area contributed by atoms with Gasteiger partial charge in [-0.3, -0.25) is 0 Å². The Morgan fingerprint density at radius 2 is 1.60 bits per heavy atom. The zero-order valence-electron chi connectivity index (χ0n) is 11.8. The molecule has 2 atom stereocenters. The van der Waals surface area contributed by atoms with Gasteiger partial charge in [-0.15, -0.1) is 0 Å². The van der Waals surface area contributed by atoms with Crippen molar-refractivity contribution >= 4 is 11.6 Å². The topological polar surface area (TPSA) is 21.3 Å². The van der Waals surface area contributed by atoms with Gasteiger partial charge in [0.05, 0.1) is 6.10 Å². The zero-order valence-corrected chi connectivity index (χ0v) is 12.6. The summed E-state index contributed by atoms with van der Waals surface area (Å²) >= 11 is 5.99. The van der Waals surface area contributed by atoms with E-state index in [9.17, 15) is 0 Å². The summed E-state index contributed by atoms with van der Waals surface area (Å²) in [6.07, 6.45) is 0.0728. The van der Waals surface area contributed by atoms with Gasteiger partial charge < -0.3 is 10.1 Å². The average molecular weight is 290 g/mol. The Bertz CT molecular complexity index is 512. The lowest BCUT2D eigenvalue weighted by atomic mass is 9.86. The summed E-state index contributed by atoms with van der Waals surface area (Å²) in [6, 6.07) is 18.4. The highest BCUT2D eigenvalue weighted by atomic mass is 35.5. The van der Waals surface area contributed by atoms with E-state index >= 15 is 0 Å². The van der Waals surface area contributed by atoms with Crippen LogP contribution in [-0.2, 0) is 4.74 Å². The Morgan fingerprint density at radius 1 is 1.00 bits per heavy atom. The minimum absolute atomic E-state index is 0.0728. The maximum Gasteiger partial charge on any atom is 0.0804 e. The molecule has 0 aromatic heterocycles. The highest BCUT2D eigenvalue weighted by molar-refractivity contribution is 6.30. The van der Waals surface area contributed by atoms with Gasteiger partial charge in [0.25, 0.3) is 0 Å². The minimum atomic E-state index is 0.0728. The SMILES string of the molecule is CNCC(OC)C(c1ccccc1)c1ccc(Cl)cc1. The third-order valence-corrected chi connectivity index (χ3v) is 3.72. The van der Waals surface area contributed by atoms with E-state index in [1.165, 1.54) is 11.1 Å². The molecule has 2 rings (SSSR count). The Labute approximate surface area is 125 Å². The maximum atomic E-state index is 5.99. The molecule has 0 fully saturated rings. The van der Waals surface area contributed by atoms with Gasteiger partial charge in [0, 0.05) is 24.6 Å². The minimum Gasteiger partial charge on any atom is -0.379 e. The number of likely N-dealkylation sites (N-methyl/N-ethyl adjacent to an activating group) is 1. The summed E-state index contributed by atoms with van der Waals surface area (Å²) < 4.78 is 5.70. The van der Waals surface area contributed by atoms with E-state index in [0.717, 1.165) is 11.6 Å². The molecule has 0 aliphatic heterocycles. The van der Waals surface area contributed by atoms with E-state index in [1.54, 1.807) is 7.11 Å². The molecular formula is C17H20ClNO. The molecule has 2 aromatic rings. The van der Waals surface area contributed by atoms with Crippen LogP contribution < -0.4 is 5.32 Å². The molecule has 0 aliphatic rings. The van der Waals surface area contributed by atoms with E-state index < -0.39 is 0 Å². The van der Waals surface area contributed by atoms with Gasteiger partial charge in [0.1, 0.15) is 0 Å². The summed E-state index contributed by atoms with van der Waals surface area (Å²) in [5.74, 6) is 0.186. The predicted molar refractivity (Wildman–Crippen MR) is 84.5 cm³/mol. The first-order chi connectivity index (χ1) is 9.76. The molecule has 0 radical (unpaired) electrons. The number of methoxy groups -OCH3 is 1. The lowest BCUT2D eigenvalue weighted by Crippen LogP contribution is -2.32. The molecule has 2 nitrogen and oxygen atoms in total. The van der Waals surface area contributed by atoms with Crippen LogP contribution in [0.2, 0.25) is 5.02 Å². The number of halogens is 1. The molecule has 1 N–H and O–H groups in total. The number of hydrogen-bond acceptors (Lipinski definition) is 2. The van der Waals surface area contributed by atoms with Crippen LogP contribution in [0.4, 0.5) is 0 Å². The number of ether oxygens (including phenoxy) is 1. The second kappa shape index (κ2) is 7.44. The van der Waals surface area contributed by atoms with E-state index in [0.29, 0.717) is 0 Å². The van der Waals surface area contributed by atoms with Gasteiger partial charge in [-0.05, 0) is 30.3 Å². The van der Waals surface area contributed by atoms with Crippen LogP contribution in [0, 0.1) is 0 Å². The average Bonchev–Trinajstić information content (AvgIpc) is 2.49. The highest BCUT2D eigenvalue weighted by Gasteiger charge is 2.24. The van der Waals surface area contributed by atoms with Crippen molar-refractivity contribution in [1.29, 1.82) is 0 Å². The fraction of sp³-hybridized carbons (Fsp3) is 0.294. The van der Waals surface area contributed by atoms with E-state index in [4.69, 9.17) is 16.3 Å². The van der Waals surface area contributed by atoms with Gasteiger partial charge in [-0.25, -0.2) is 0 Å². The van der Waals surface area contributed by atoms with E-state index in [1.807, 2.05) is 25.2 Å². The first kappa shape index (κ1) is 15.0. The van der Waals surface area contributed by atoms with Crippen molar-refractivity contribution in [3.63, 3.8) is 0 Å². The third kappa shape index (κ3) is 3.60. The van der Waals surface area contributed by atoms with Crippen LogP contribution in [-0.4, -0.2) is 26.8 Å². The largest absolute Gasteiger partial charge is 0.379 e. The van der Waals surface area contributed by atoms with E-state index in [2.05, 4.69) is 41.7 Å². The van der Waals surface area contributed by atoms with Crippen LogP contribution in [0.3, 0.4) is 0 Å². The number of hydrogen-bond donors (Lipinski definition) is 1. The Balaban J connectivity index is 2.40. The van der Waals surface area contributed by atoms with Crippen molar-refractivity contribution in [2.75, 3.05) is 20.7 Å². The number of benzene rings is 2. The molecular weight excluding hydrogens is 270 g/mol. The molecule has 20 heavy (non-hydrogen) atoms. The molecule has 0 aliphatic carbocycles. The van der Waals surface area contributed by atoms with Crippen molar-refractivity contribution in [2.24, 2.45) is 0 Å². The van der Waals surface area contributed by atoms with E-state index in [-0.39, 0.29) is 12.0 Å². The van der Waals surface area contributed by atoms with Crippen LogP contribution in [0.25, 0.3) is 0 Å². The summed E-state index contributed by atoms with van der Waals surface area (Å²) in [7, 11) is 3.70. The molecule has 3 heteroatoms. The Hall–Kier alpha value is -1.35. The summed E-state index contributed by atoms with van der Waals surface area (Å²) in [5, 5.41) is 3.95. The molecule has 0 heterocycles. The smallest absolute Gasteiger partial charge is 0.0804 e. The van der Waals surface area contributed by atoms with Crippen molar-refractivity contribution in [2.45, 2.75) is 12.0 Å². The standard InChI is InChI=1S/C17H20ClNO/c1-19-12-16(20-2)17(13-6-4-3-5-7-13)14-8-10-15(18)11-9-14/h3-11,16-17,19H,12H2,1-2H3. The maximum absolute atomic E-state index is 5.99. The summed E-state index contributed by atoms with van der Waals surface area (Å²) in [5.41, 5.74) is 2.46. The lowest BCUT2D eigenvalue weighted by molar-refractivity contribution is 0.0900. The molecule has 0 bridgehead atoms.